The molecule has 1 aliphatic rings. The number of hydrogen-bond acceptors (Lipinski definition) is 8. The van der Waals surface area contributed by atoms with Crippen molar-refractivity contribution in [1.29, 1.82) is 10.5 Å². The topological polar surface area (TPSA) is 82.6 Å². The minimum atomic E-state index is 0.115. The van der Waals surface area contributed by atoms with Gasteiger partial charge in [0, 0.05) is 20.9 Å². The molecule has 7 rings (SSSR count). The molecule has 2 heterocycles. The van der Waals surface area contributed by atoms with E-state index in [0.29, 0.717) is 4.24 Å². The highest BCUT2D eigenvalue weighted by molar-refractivity contribution is 8.25. The third-order valence-corrected chi connectivity index (χ3v) is 11.3. The molecule has 1 aromatic heterocycles. The van der Waals surface area contributed by atoms with Crippen LogP contribution in [0.15, 0.2) is 117 Å². The lowest BCUT2D eigenvalue weighted by atomic mass is 9.95. The molecule has 0 bridgehead atoms. The van der Waals surface area contributed by atoms with Crippen molar-refractivity contribution in [3.8, 4) is 62.4 Å². The molecule has 228 valence electrons. The lowest BCUT2D eigenvalue weighted by molar-refractivity contribution is 0.309. The van der Waals surface area contributed by atoms with E-state index in [0.717, 1.165) is 90.5 Å². The molecular weight excluding hydrogens is 637 g/mol. The van der Waals surface area contributed by atoms with E-state index >= 15 is 0 Å². The van der Waals surface area contributed by atoms with E-state index in [-0.39, 0.29) is 5.57 Å². The van der Waals surface area contributed by atoms with Gasteiger partial charge in [-0.05, 0) is 58.9 Å². The number of nitrogens with zero attached hydrogens (tertiary/aromatic N) is 4. The second-order valence-electron chi connectivity index (χ2n) is 11.2. The predicted molar refractivity (Wildman–Crippen MR) is 194 cm³/mol. The summed E-state index contributed by atoms with van der Waals surface area (Å²) >= 11 is 4.15. The molecule has 0 spiro atoms. The number of ether oxygens (including phenoxy) is 1. The first-order valence-electron chi connectivity index (χ1n) is 15.3. The molecule has 0 aliphatic carbocycles. The zero-order chi connectivity index (χ0) is 32.3. The summed E-state index contributed by atoms with van der Waals surface area (Å²) in [6.45, 7) is 4.97. The Bertz CT molecular complexity index is 2190. The number of hydrogen-bond donors (Lipinski definition) is 0. The first-order chi connectivity index (χ1) is 23.1. The summed E-state index contributed by atoms with van der Waals surface area (Å²) in [6, 6.07) is 37.9. The Morgan fingerprint density at radius 2 is 1.06 bits per heavy atom. The van der Waals surface area contributed by atoms with Crippen molar-refractivity contribution in [1.82, 2.24) is 8.75 Å². The Morgan fingerprint density at radius 1 is 0.638 bits per heavy atom. The number of nitriles is 2. The van der Waals surface area contributed by atoms with Crippen LogP contribution in [0.5, 0.6) is 5.75 Å². The molecule has 0 radical (unpaired) electrons. The minimum absolute atomic E-state index is 0.115. The smallest absolute Gasteiger partial charge is 0.150 e. The second-order valence-corrected chi connectivity index (χ2v) is 14.0. The van der Waals surface area contributed by atoms with Crippen LogP contribution in [-0.2, 0) is 0 Å². The summed E-state index contributed by atoms with van der Waals surface area (Å²) in [5.74, 6) is 0.880. The SMILES string of the molecule is CCCCOc1ccc(-c2ccc(-c3c4c(c(-c5ccc(-c6ccc(C)cc6)cc5)c5nsnc35)SC(=C(C#N)C#N)S4)cc2)cc1. The highest BCUT2D eigenvalue weighted by Crippen LogP contribution is 2.60. The second kappa shape index (κ2) is 13.5. The molecule has 8 heteroatoms. The Balaban J connectivity index is 1.31. The maximum Gasteiger partial charge on any atom is 0.150 e. The van der Waals surface area contributed by atoms with E-state index in [1.165, 1.54) is 40.8 Å². The Kier molecular flexibility index (Phi) is 8.82. The van der Waals surface area contributed by atoms with Gasteiger partial charge in [-0.3, -0.25) is 0 Å². The normalized spacial score (nSPS) is 12.0. The molecule has 47 heavy (non-hydrogen) atoms. The lowest BCUT2D eigenvalue weighted by Gasteiger charge is -2.14. The number of aryl methyl sites for hydroxylation is 1. The van der Waals surface area contributed by atoms with Gasteiger partial charge in [0.15, 0.2) is 0 Å². The van der Waals surface area contributed by atoms with Crippen LogP contribution in [0, 0.1) is 29.6 Å². The summed E-state index contributed by atoms with van der Waals surface area (Å²) in [5, 5.41) is 19.5. The van der Waals surface area contributed by atoms with Crippen LogP contribution in [0.25, 0.3) is 55.5 Å². The van der Waals surface area contributed by atoms with Crippen molar-refractivity contribution in [2.75, 3.05) is 6.61 Å². The molecular formula is C39H28N4OS3. The number of benzene rings is 5. The fraction of sp³-hybridized carbons (Fsp3) is 0.128. The number of allylic oxidation sites excluding steroid dienone is 1. The summed E-state index contributed by atoms with van der Waals surface area (Å²) < 4.78 is 16.1. The van der Waals surface area contributed by atoms with Gasteiger partial charge in [0.2, 0.25) is 0 Å². The van der Waals surface area contributed by atoms with Crippen LogP contribution in [0.4, 0.5) is 0 Å². The van der Waals surface area contributed by atoms with Crippen LogP contribution in [0.1, 0.15) is 25.3 Å². The quantitative estimate of drug-likeness (QED) is 0.118. The van der Waals surface area contributed by atoms with Gasteiger partial charge in [0.1, 0.15) is 34.5 Å². The van der Waals surface area contributed by atoms with Crippen molar-refractivity contribution in [2.45, 2.75) is 36.5 Å². The van der Waals surface area contributed by atoms with E-state index in [4.69, 9.17) is 13.5 Å². The molecule has 0 N–H and O–H groups in total. The van der Waals surface area contributed by atoms with Gasteiger partial charge < -0.3 is 4.74 Å². The first kappa shape index (κ1) is 30.8. The van der Waals surface area contributed by atoms with Gasteiger partial charge in [-0.25, -0.2) is 0 Å². The third kappa shape index (κ3) is 6.04. The molecule has 0 unspecified atom stereocenters. The predicted octanol–water partition coefficient (Wildman–Crippen LogP) is 11.3. The van der Waals surface area contributed by atoms with Gasteiger partial charge in [-0.15, -0.1) is 0 Å². The van der Waals surface area contributed by atoms with E-state index in [1.54, 1.807) is 0 Å². The van der Waals surface area contributed by atoms with Gasteiger partial charge in [0.05, 0.1) is 22.6 Å². The largest absolute Gasteiger partial charge is 0.494 e. The van der Waals surface area contributed by atoms with Gasteiger partial charge >= 0.3 is 0 Å². The van der Waals surface area contributed by atoms with Crippen molar-refractivity contribution in [3.63, 3.8) is 0 Å². The summed E-state index contributed by atoms with van der Waals surface area (Å²) in [6.07, 6.45) is 2.15. The van der Waals surface area contributed by atoms with E-state index in [1.807, 2.05) is 12.1 Å². The maximum absolute atomic E-state index is 9.77. The summed E-state index contributed by atoms with van der Waals surface area (Å²) in [4.78, 5) is 1.99. The van der Waals surface area contributed by atoms with Crippen LogP contribution >= 0.6 is 35.3 Å². The molecule has 0 saturated heterocycles. The third-order valence-electron chi connectivity index (χ3n) is 8.13. The van der Waals surface area contributed by atoms with Crippen LogP contribution in [-0.4, -0.2) is 15.4 Å². The lowest BCUT2D eigenvalue weighted by Crippen LogP contribution is -1.95. The average molecular weight is 665 g/mol. The monoisotopic (exact) mass is 664 g/mol. The Hall–Kier alpha value is -4.86. The first-order valence-corrected chi connectivity index (χ1v) is 17.7. The van der Waals surface area contributed by atoms with Crippen molar-refractivity contribution in [2.24, 2.45) is 0 Å². The summed E-state index contributed by atoms with van der Waals surface area (Å²) in [5.41, 5.74) is 11.4. The molecule has 0 amide bonds. The molecule has 6 aromatic rings. The maximum atomic E-state index is 9.77. The fourth-order valence-electron chi connectivity index (χ4n) is 5.60. The van der Waals surface area contributed by atoms with E-state index in [2.05, 4.69) is 111 Å². The zero-order valence-corrected chi connectivity index (χ0v) is 28.2. The minimum Gasteiger partial charge on any atom is -0.494 e. The fourth-order valence-corrected chi connectivity index (χ4v) is 8.85. The molecule has 0 atom stereocenters. The number of fused-ring (bicyclic) bond motifs is 2. The number of thioether (sulfide) groups is 2. The van der Waals surface area contributed by atoms with E-state index < -0.39 is 0 Å². The summed E-state index contributed by atoms with van der Waals surface area (Å²) in [7, 11) is 0. The van der Waals surface area contributed by atoms with Crippen LogP contribution < -0.4 is 4.74 Å². The highest BCUT2D eigenvalue weighted by atomic mass is 32.2. The molecule has 0 fully saturated rings. The number of unbranched alkanes of at least 4 members (excludes halogenated alkanes) is 1. The van der Waals surface area contributed by atoms with Crippen molar-refractivity contribution < 1.29 is 4.74 Å². The van der Waals surface area contributed by atoms with Gasteiger partial charge in [-0.2, -0.15) is 19.3 Å². The molecule has 5 aromatic carbocycles. The van der Waals surface area contributed by atoms with Crippen molar-refractivity contribution >= 4 is 46.3 Å². The number of aromatic nitrogens is 2. The molecule has 5 nitrogen and oxygen atoms in total. The zero-order valence-electron chi connectivity index (χ0n) is 25.8. The average Bonchev–Trinajstić information content (AvgIpc) is 3.77. The van der Waals surface area contributed by atoms with Gasteiger partial charge in [-0.1, -0.05) is 127 Å². The van der Waals surface area contributed by atoms with E-state index in [9.17, 15) is 10.5 Å². The van der Waals surface area contributed by atoms with Crippen LogP contribution in [0.2, 0.25) is 0 Å². The Morgan fingerprint density at radius 3 is 1.51 bits per heavy atom. The van der Waals surface area contributed by atoms with Crippen LogP contribution in [0.3, 0.4) is 0 Å². The molecule has 0 saturated carbocycles. The van der Waals surface area contributed by atoms with Gasteiger partial charge in [0.25, 0.3) is 0 Å². The Labute approximate surface area is 286 Å². The standard InChI is InChI=1S/C39H28N4OS3/c1-3-4-21-44-32-19-17-28(18-20-32)27-11-15-30(16-12-27)34-36-35(42-47-43-36)33(37-38(34)46-39(45-37)31(22-40)23-41)29-13-9-26(10-14-29)25-7-5-24(2)6-8-25/h5-20H,3-4,21H2,1-2H3. The van der Waals surface area contributed by atoms with Crippen molar-refractivity contribution in [3.05, 3.63) is 112 Å². The number of rotatable bonds is 8. The molecule has 1 aliphatic heterocycles. The highest BCUT2D eigenvalue weighted by Gasteiger charge is 2.32.